The zero-order valence-corrected chi connectivity index (χ0v) is 13.1. The van der Waals surface area contributed by atoms with E-state index in [0.29, 0.717) is 12.4 Å². The Bertz CT molecular complexity index is 477. The molecule has 104 valence electrons. The van der Waals surface area contributed by atoms with Crippen LogP contribution in [0.25, 0.3) is 0 Å². The quantitative estimate of drug-likeness (QED) is 0.424. The maximum absolute atomic E-state index is 10.7. The highest BCUT2D eigenvalue weighted by molar-refractivity contribution is 9.09. The van der Waals surface area contributed by atoms with Crippen molar-refractivity contribution < 1.29 is 9.66 Å². The predicted octanol–water partition coefficient (Wildman–Crippen LogP) is 4.85. The molecule has 0 aromatic heterocycles. The molecule has 0 unspecified atom stereocenters. The van der Waals surface area contributed by atoms with E-state index in [4.69, 9.17) is 27.9 Å². The molecule has 4 nitrogen and oxygen atoms in total. The molecule has 7 heteroatoms. The molecule has 0 saturated heterocycles. The maximum atomic E-state index is 10.7. The number of benzene rings is 1. The van der Waals surface area contributed by atoms with Gasteiger partial charge in [-0.2, -0.15) is 0 Å². The second-order valence-electron chi connectivity index (χ2n) is 4.77. The lowest BCUT2D eigenvalue weighted by atomic mass is 9.71. The molecule has 0 spiro atoms. The number of halogens is 3. The molecule has 19 heavy (non-hydrogen) atoms. The van der Waals surface area contributed by atoms with Crippen molar-refractivity contribution >= 4 is 44.8 Å². The highest BCUT2D eigenvalue weighted by Crippen LogP contribution is 2.44. The molecule has 0 amide bonds. The van der Waals surface area contributed by atoms with Gasteiger partial charge in [-0.3, -0.25) is 10.1 Å². The number of rotatable bonds is 5. The summed E-state index contributed by atoms with van der Waals surface area (Å²) in [5, 5.41) is 11.9. The molecule has 1 aliphatic rings. The van der Waals surface area contributed by atoms with E-state index in [-0.39, 0.29) is 21.1 Å². The number of hydrogen-bond donors (Lipinski definition) is 0. The van der Waals surface area contributed by atoms with Crippen LogP contribution in [0.2, 0.25) is 10.0 Å². The molecule has 0 aliphatic heterocycles. The molecule has 0 bridgehead atoms. The summed E-state index contributed by atoms with van der Waals surface area (Å²) in [6.07, 6.45) is 3.39. The topological polar surface area (TPSA) is 52.4 Å². The lowest BCUT2D eigenvalue weighted by molar-refractivity contribution is -0.384. The summed E-state index contributed by atoms with van der Waals surface area (Å²) in [6.45, 7) is 0.509. The van der Waals surface area contributed by atoms with Crippen LogP contribution < -0.4 is 4.74 Å². The summed E-state index contributed by atoms with van der Waals surface area (Å²) in [7, 11) is 0. The van der Waals surface area contributed by atoms with E-state index < -0.39 is 4.92 Å². The van der Waals surface area contributed by atoms with E-state index in [1.54, 1.807) is 0 Å². The Morgan fingerprint density at radius 3 is 2.32 bits per heavy atom. The summed E-state index contributed by atoms with van der Waals surface area (Å²) in [5.74, 6) is 0.321. The Hall–Kier alpha value is -0.520. The third-order valence-corrected chi connectivity index (χ3v) is 5.17. The third-order valence-electron chi connectivity index (χ3n) is 3.41. The minimum atomic E-state index is -0.534. The Labute approximate surface area is 129 Å². The van der Waals surface area contributed by atoms with Crippen LogP contribution in [0.15, 0.2) is 12.1 Å². The van der Waals surface area contributed by atoms with Gasteiger partial charge >= 0.3 is 0 Å². The SMILES string of the molecule is O=[N+]([O-])c1cc(Cl)c(OCC2(CBr)CCC2)c(Cl)c1. The van der Waals surface area contributed by atoms with Crippen molar-refractivity contribution in [2.24, 2.45) is 5.41 Å². The molecule has 0 atom stereocenters. The van der Waals surface area contributed by atoms with E-state index in [1.165, 1.54) is 18.6 Å². The second-order valence-corrected chi connectivity index (χ2v) is 6.15. The van der Waals surface area contributed by atoms with Crippen molar-refractivity contribution in [2.45, 2.75) is 19.3 Å². The fourth-order valence-electron chi connectivity index (χ4n) is 2.01. The smallest absolute Gasteiger partial charge is 0.272 e. The predicted molar refractivity (Wildman–Crippen MR) is 78.7 cm³/mol. The van der Waals surface area contributed by atoms with Gasteiger partial charge in [-0.15, -0.1) is 0 Å². The van der Waals surface area contributed by atoms with E-state index in [0.717, 1.165) is 18.2 Å². The molecule has 1 aromatic carbocycles. The Morgan fingerprint density at radius 1 is 1.37 bits per heavy atom. The Kier molecular flexibility index (Phi) is 4.58. The molecule has 1 aliphatic carbocycles. The van der Waals surface area contributed by atoms with Gasteiger partial charge in [0.05, 0.1) is 21.6 Å². The van der Waals surface area contributed by atoms with E-state index in [2.05, 4.69) is 15.9 Å². The van der Waals surface area contributed by atoms with E-state index in [9.17, 15) is 10.1 Å². The first-order chi connectivity index (χ1) is 8.97. The zero-order chi connectivity index (χ0) is 14.0. The van der Waals surface area contributed by atoms with Gasteiger partial charge in [0.25, 0.3) is 5.69 Å². The van der Waals surface area contributed by atoms with E-state index >= 15 is 0 Å². The van der Waals surface area contributed by atoms with Crippen LogP contribution in [0.4, 0.5) is 5.69 Å². The zero-order valence-electron chi connectivity index (χ0n) is 10.00. The molecule has 0 radical (unpaired) electrons. The van der Waals surface area contributed by atoms with Crippen molar-refractivity contribution in [2.75, 3.05) is 11.9 Å². The number of non-ortho nitro benzene ring substituents is 1. The van der Waals surface area contributed by atoms with Gasteiger partial charge in [0.1, 0.15) is 0 Å². The van der Waals surface area contributed by atoms with Crippen LogP contribution >= 0.6 is 39.1 Å². The largest absolute Gasteiger partial charge is 0.490 e. The first kappa shape index (κ1) is 14.9. The van der Waals surface area contributed by atoms with Crippen LogP contribution in [0.5, 0.6) is 5.75 Å². The van der Waals surface area contributed by atoms with Gasteiger partial charge in [-0.05, 0) is 12.8 Å². The Balaban J connectivity index is 2.14. The number of ether oxygens (including phenoxy) is 1. The molecule has 1 saturated carbocycles. The van der Waals surface area contributed by atoms with Crippen molar-refractivity contribution in [3.05, 3.63) is 32.3 Å². The number of nitro groups is 1. The molecular weight excluding hydrogens is 357 g/mol. The van der Waals surface area contributed by atoms with Gasteiger partial charge in [0, 0.05) is 22.9 Å². The minimum absolute atomic E-state index is 0.133. The molecule has 1 aromatic rings. The molecular formula is C12H12BrCl2NO3. The van der Waals surface area contributed by atoms with Crippen LogP contribution in [0, 0.1) is 15.5 Å². The number of nitro benzene ring substituents is 1. The lowest BCUT2D eigenvalue weighted by Crippen LogP contribution is -2.37. The van der Waals surface area contributed by atoms with Crippen molar-refractivity contribution in [1.82, 2.24) is 0 Å². The number of nitrogens with zero attached hydrogens (tertiary/aromatic N) is 1. The monoisotopic (exact) mass is 367 g/mol. The first-order valence-corrected chi connectivity index (χ1v) is 7.67. The van der Waals surface area contributed by atoms with Crippen molar-refractivity contribution in [3.8, 4) is 5.75 Å². The average Bonchev–Trinajstić information content (AvgIpc) is 2.30. The molecule has 0 N–H and O–H groups in total. The highest BCUT2D eigenvalue weighted by Gasteiger charge is 2.37. The van der Waals surface area contributed by atoms with Crippen molar-refractivity contribution in [1.29, 1.82) is 0 Å². The van der Waals surface area contributed by atoms with Gasteiger partial charge < -0.3 is 4.74 Å². The maximum Gasteiger partial charge on any atom is 0.272 e. The minimum Gasteiger partial charge on any atom is -0.490 e. The van der Waals surface area contributed by atoms with Gasteiger partial charge in [-0.1, -0.05) is 45.6 Å². The van der Waals surface area contributed by atoms with Crippen LogP contribution in [-0.2, 0) is 0 Å². The fraction of sp³-hybridized carbons (Fsp3) is 0.500. The lowest BCUT2D eigenvalue weighted by Gasteiger charge is -2.40. The average molecular weight is 369 g/mol. The summed E-state index contributed by atoms with van der Waals surface area (Å²) in [5.41, 5.74) is -0.00441. The molecule has 2 rings (SSSR count). The van der Waals surface area contributed by atoms with Crippen molar-refractivity contribution in [3.63, 3.8) is 0 Å². The van der Waals surface area contributed by atoms with Gasteiger partial charge in [0.15, 0.2) is 5.75 Å². The van der Waals surface area contributed by atoms with Crippen LogP contribution in [0.3, 0.4) is 0 Å². The Morgan fingerprint density at radius 2 is 1.95 bits per heavy atom. The number of hydrogen-bond acceptors (Lipinski definition) is 3. The summed E-state index contributed by atoms with van der Waals surface area (Å²) < 4.78 is 5.68. The van der Waals surface area contributed by atoms with Crippen LogP contribution in [-0.4, -0.2) is 16.9 Å². The summed E-state index contributed by atoms with van der Waals surface area (Å²) >= 11 is 15.5. The molecule has 1 fully saturated rings. The summed E-state index contributed by atoms with van der Waals surface area (Å²) in [6, 6.07) is 2.51. The third kappa shape index (κ3) is 3.15. The fourth-order valence-corrected chi connectivity index (χ4v) is 3.32. The first-order valence-electron chi connectivity index (χ1n) is 5.80. The van der Waals surface area contributed by atoms with Gasteiger partial charge in [0.2, 0.25) is 0 Å². The number of alkyl halides is 1. The second kappa shape index (κ2) is 5.85. The van der Waals surface area contributed by atoms with E-state index in [1.807, 2.05) is 0 Å². The van der Waals surface area contributed by atoms with Crippen LogP contribution in [0.1, 0.15) is 19.3 Å². The van der Waals surface area contributed by atoms with Gasteiger partial charge in [-0.25, -0.2) is 0 Å². The normalized spacial score (nSPS) is 16.8. The highest BCUT2D eigenvalue weighted by atomic mass is 79.9. The standard InChI is InChI=1S/C12H12BrCl2NO3/c13-6-12(2-1-3-12)7-19-11-9(14)4-8(16(17)18)5-10(11)15/h4-5H,1-3,6-7H2. The molecule has 0 heterocycles. The summed E-state index contributed by atoms with van der Waals surface area (Å²) in [4.78, 5) is 10.1.